The van der Waals surface area contributed by atoms with Crippen molar-refractivity contribution in [3.05, 3.63) is 28.7 Å². The number of rotatable bonds is 7. The molecule has 2 aromatic rings. The number of aryl methyl sites for hydroxylation is 4. The molecule has 8 nitrogen and oxygen atoms in total. The number of nitrogens with zero attached hydrogens (tertiary/aromatic N) is 4. The Kier molecular flexibility index (Phi) is 5.94. The summed E-state index contributed by atoms with van der Waals surface area (Å²) in [5.41, 5.74) is 3.34. The Hall–Kier alpha value is -2.38. The summed E-state index contributed by atoms with van der Waals surface area (Å²) in [5.74, 6) is 1.23. The number of carbonyl (C=O) groups excluding carboxylic acids is 1. The van der Waals surface area contributed by atoms with E-state index in [0.717, 1.165) is 24.2 Å². The minimum atomic E-state index is -0.164. The molecule has 0 fully saturated rings. The van der Waals surface area contributed by atoms with Gasteiger partial charge in [-0.05, 0) is 46.1 Å². The summed E-state index contributed by atoms with van der Waals surface area (Å²) in [6, 6.07) is -0.131. The topological polar surface area (TPSA) is 97.9 Å². The van der Waals surface area contributed by atoms with Crippen LogP contribution in [0.3, 0.4) is 0 Å². The van der Waals surface area contributed by atoms with Crippen LogP contribution in [0.2, 0.25) is 0 Å². The summed E-state index contributed by atoms with van der Waals surface area (Å²) in [6.45, 7) is 8.37. The SMILES string of the molecule is Cc1noc(CCCNC(=O)N[C@H](C)Cc2c(C)nn(C)c2C)n1. The van der Waals surface area contributed by atoms with Crippen LogP contribution in [0.1, 0.15) is 42.0 Å². The fourth-order valence-electron chi connectivity index (χ4n) is 2.63. The maximum atomic E-state index is 11.9. The molecule has 2 amide bonds. The predicted octanol–water partition coefficient (Wildman–Crippen LogP) is 1.59. The third kappa shape index (κ3) is 4.81. The van der Waals surface area contributed by atoms with Gasteiger partial charge >= 0.3 is 6.03 Å². The van der Waals surface area contributed by atoms with Crippen molar-refractivity contribution in [3.8, 4) is 0 Å². The molecular weight excluding hydrogens is 308 g/mol. The maximum Gasteiger partial charge on any atom is 0.315 e. The van der Waals surface area contributed by atoms with E-state index in [2.05, 4.69) is 25.9 Å². The lowest BCUT2D eigenvalue weighted by molar-refractivity contribution is 0.237. The van der Waals surface area contributed by atoms with E-state index in [1.165, 1.54) is 5.56 Å². The molecule has 0 saturated heterocycles. The van der Waals surface area contributed by atoms with Crippen LogP contribution in [0.15, 0.2) is 4.52 Å². The third-order valence-corrected chi connectivity index (χ3v) is 3.97. The first-order chi connectivity index (χ1) is 11.4. The van der Waals surface area contributed by atoms with Gasteiger partial charge in [-0.25, -0.2) is 4.79 Å². The minimum Gasteiger partial charge on any atom is -0.339 e. The van der Waals surface area contributed by atoms with E-state index >= 15 is 0 Å². The summed E-state index contributed by atoms with van der Waals surface area (Å²) in [7, 11) is 1.93. The lowest BCUT2D eigenvalue weighted by Gasteiger charge is -2.15. The highest BCUT2D eigenvalue weighted by atomic mass is 16.5. The first-order valence-electron chi connectivity index (χ1n) is 8.19. The van der Waals surface area contributed by atoms with Crippen molar-refractivity contribution < 1.29 is 9.32 Å². The van der Waals surface area contributed by atoms with E-state index in [9.17, 15) is 4.79 Å². The normalized spacial score (nSPS) is 12.2. The monoisotopic (exact) mass is 334 g/mol. The second-order valence-electron chi connectivity index (χ2n) is 6.12. The van der Waals surface area contributed by atoms with E-state index in [-0.39, 0.29) is 12.1 Å². The largest absolute Gasteiger partial charge is 0.339 e. The Morgan fingerprint density at radius 3 is 2.67 bits per heavy atom. The van der Waals surface area contributed by atoms with Crippen molar-refractivity contribution in [1.82, 2.24) is 30.6 Å². The van der Waals surface area contributed by atoms with Gasteiger partial charge in [0.15, 0.2) is 5.82 Å². The van der Waals surface area contributed by atoms with Gasteiger partial charge < -0.3 is 15.2 Å². The van der Waals surface area contributed by atoms with Crippen molar-refractivity contribution in [3.63, 3.8) is 0 Å². The van der Waals surface area contributed by atoms with E-state index in [1.807, 2.05) is 32.5 Å². The van der Waals surface area contributed by atoms with E-state index < -0.39 is 0 Å². The number of amides is 2. The van der Waals surface area contributed by atoms with Crippen LogP contribution in [0, 0.1) is 20.8 Å². The van der Waals surface area contributed by atoms with Gasteiger partial charge in [0.25, 0.3) is 0 Å². The Labute approximate surface area is 142 Å². The molecular formula is C16H26N6O2. The van der Waals surface area contributed by atoms with E-state index in [0.29, 0.717) is 24.7 Å². The van der Waals surface area contributed by atoms with Crippen molar-refractivity contribution in [2.24, 2.45) is 7.05 Å². The average molecular weight is 334 g/mol. The standard InChI is InChI=1S/C16H26N6O2/c1-10(9-14-11(2)20-22(5)12(14)3)18-16(23)17-8-6-7-15-19-13(4)21-24-15/h10H,6-9H2,1-5H3,(H2,17,18,23)/t10-/m1/s1. The summed E-state index contributed by atoms with van der Waals surface area (Å²) in [6.07, 6.45) is 2.18. The molecule has 2 rings (SSSR count). The summed E-state index contributed by atoms with van der Waals surface area (Å²) >= 11 is 0. The van der Waals surface area contributed by atoms with Crippen molar-refractivity contribution in [2.45, 2.75) is 53.0 Å². The van der Waals surface area contributed by atoms with Crippen LogP contribution in [-0.4, -0.2) is 38.5 Å². The molecule has 0 spiro atoms. The fourth-order valence-corrected chi connectivity index (χ4v) is 2.63. The maximum absolute atomic E-state index is 11.9. The van der Waals surface area contributed by atoms with Gasteiger partial charge in [0.2, 0.25) is 5.89 Å². The number of carbonyl (C=O) groups is 1. The fraction of sp³-hybridized carbons (Fsp3) is 0.625. The predicted molar refractivity (Wildman–Crippen MR) is 89.7 cm³/mol. The Bertz CT molecular complexity index is 691. The zero-order valence-corrected chi connectivity index (χ0v) is 15.0. The first kappa shape index (κ1) is 18.0. The molecule has 0 aliphatic rings. The van der Waals surface area contributed by atoms with Gasteiger partial charge in [0.1, 0.15) is 0 Å². The molecule has 0 aromatic carbocycles. The zero-order valence-electron chi connectivity index (χ0n) is 15.0. The smallest absolute Gasteiger partial charge is 0.315 e. The van der Waals surface area contributed by atoms with Crippen LogP contribution in [0.4, 0.5) is 4.79 Å². The molecule has 0 bridgehead atoms. The molecule has 8 heteroatoms. The van der Waals surface area contributed by atoms with Gasteiger partial charge in [0.05, 0.1) is 5.69 Å². The van der Waals surface area contributed by atoms with Crippen LogP contribution >= 0.6 is 0 Å². The number of hydrogen-bond donors (Lipinski definition) is 2. The second kappa shape index (κ2) is 7.94. The van der Waals surface area contributed by atoms with Gasteiger partial charge in [-0.15, -0.1) is 0 Å². The number of aromatic nitrogens is 4. The quantitative estimate of drug-likeness (QED) is 0.749. The number of urea groups is 1. The summed E-state index contributed by atoms with van der Waals surface area (Å²) < 4.78 is 6.90. The second-order valence-corrected chi connectivity index (χ2v) is 6.12. The molecule has 0 unspecified atom stereocenters. The molecule has 2 heterocycles. The molecule has 0 saturated carbocycles. The van der Waals surface area contributed by atoms with Crippen molar-refractivity contribution in [1.29, 1.82) is 0 Å². The third-order valence-electron chi connectivity index (χ3n) is 3.97. The lowest BCUT2D eigenvalue weighted by Crippen LogP contribution is -2.42. The molecule has 0 aliphatic carbocycles. The average Bonchev–Trinajstić information content (AvgIpc) is 3.02. The molecule has 0 radical (unpaired) electrons. The number of hydrogen-bond acceptors (Lipinski definition) is 5. The molecule has 24 heavy (non-hydrogen) atoms. The highest BCUT2D eigenvalue weighted by molar-refractivity contribution is 5.74. The van der Waals surface area contributed by atoms with Crippen molar-refractivity contribution >= 4 is 6.03 Å². The summed E-state index contributed by atoms with van der Waals surface area (Å²) in [5, 5.41) is 13.9. The minimum absolute atomic E-state index is 0.0326. The van der Waals surface area contributed by atoms with Gasteiger partial charge in [0, 0.05) is 31.7 Å². The van der Waals surface area contributed by atoms with Crippen LogP contribution in [0.25, 0.3) is 0 Å². The first-order valence-corrected chi connectivity index (χ1v) is 8.19. The van der Waals surface area contributed by atoms with Crippen molar-refractivity contribution in [2.75, 3.05) is 6.54 Å². The molecule has 1 atom stereocenters. The summed E-state index contributed by atoms with van der Waals surface area (Å²) in [4.78, 5) is 16.1. The molecule has 2 aromatic heterocycles. The molecule has 0 aliphatic heterocycles. The Balaban J connectivity index is 1.69. The van der Waals surface area contributed by atoms with Gasteiger partial charge in [-0.1, -0.05) is 5.16 Å². The lowest BCUT2D eigenvalue weighted by atomic mass is 10.1. The highest BCUT2D eigenvalue weighted by Gasteiger charge is 2.14. The van der Waals surface area contributed by atoms with Gasteiger partial charge in [-0.2, -0.15) is 10.1 Å². The zero-order chi connectivity index (χ0) is 17.7. The van der Waals surface area contributed by atoms with E-state index in [4.69, 9.17) is 4.52 Å². The number of nitrogens with one attached hydrogen (secondary N) is 2. The molecule has 132 valence electrons. The Morgan fingerprint density at radius 1 is 1.33 bits per heavy atom. The van der Waals surface area contributed by atoms with E-state index in [1.54, 1.807) is 6.92 Å². The molecule has 2 N–H and O–H groups in total. The highest BCUT2D eigenvalue weighted by Crippen LogP contribution is 2.14. The Morgan fingerprint density at radius 2 is 2.08 bits per heavy atom. The van der Waals surface area contributed by atoms with Crippen LogP contribution < -0.4 is 10.6 Å². The van der Waals surface area contributed by atoms with Crippen LogP contribution in [-0.2, 0) is 19.9 Å². The van der Waals surface area contributed by atoms with Crippen LogP contribution in [0.5, 0.6) is 0 Å². The van der Waals surface area contributed by atoms with Gasteiger partial charge in [-0.3, -0.25) is 4.68 Å².